The number of nitrogens with one attached hydrogen (secondary N) is 2. The minimum absolute atomic E-state index is 0.0598. The number of carbonyl (C=O) groups is 2. The number of hydrogen-bond donors (Lipinski definition) is 3. The summed E-state index contributed by atoms with van der Waals surface area (Å²) < 4.78 is 31.9. The second-order valence-electron chi connectivity index (χ2n) is 6.14. The van der Waals surface area contributed by atoms with Gasteiger partial charge in [0, 0.05) is 13.0 Å². The van der Waals surface area contributed by atoms with E-state index in [1.807, 2.05) is 20.8 Å². The highest BCUT2D eigenvalue weighted by atomic mass is 32.2. The van der Waals surface area contributed by atoms with Crippen molar-refractivity contribution in [2.24, 2.45) is 5.92 Å². The van der Waals surface area contributed by atoms with E-state index in [0.29, 0.717) is 18.8 Å². The van der Waals surface area contributed by atoms with E-state index in [1.165, 1.54) is 12.1 Å². The Morgan fingerprint density at radius 3 is 2.31 bits per heavy atom. The van der Waals surface area contributed by atoms with Gasteiger partial charge < -0.3 is 15.2 Å². The Kier molecular flexibility index (Phi) is 8.53. The molecule has 0 saturated carbocycles. The first-order valence-electron chi connectivity index (χ1n) is 8.40. The largest absolute Gasteiger partial charge is 0.494 e. The molecule has 0 spiro atoms. The predicted molar refractivity (Wildman–Crippen MR) is 96.4 cm³/mol. The number of benzene rings is 1. The predicted octanol–water partition coefficient (Wildman–Crippen LogP) is 1.37. The van der Waals surface area contributed by atoms with Gasteiger partial charge in [-0.15, -0.1) is 0 Å². The lowest BCUT2D eigenvalue weighted by molar-refractivity contribution is -0.142. The highest BCUT2D eigenvalue weighted by Crippen LogP contribution is 2.15. The maximum absolute atomic E-state index is 12.2. The molecular weight excluding hydrogens is 360 g/mol. The Labute approximate surface area is 154 Å². The lowest BCUT2D eigenvalue weighted by Crippen LogP contribution is -2.42. The molecule has 1 amide bonds. The molecule has 0 aliphatic rings. The third-order valence-corrected chi connectivity index (χ3v) is 4.91. The van der Waals surface area contributed by atoms with Gasteiger partial charge in [0.25, 0.3) is 0 Å². The molecule has 0 aromatic heterocycles. The van der Waals surface area contributed by atoms with Crippen LogP contribution >= 0.6 is 0 Å². The molecule has 0 saturated heterocycles. The third kappa shape index (κ3) is 7.40. The number of rotatable bonds is 11. The number of ether oxygens (including phenoxy) is 1. The van der Waals surface area contributed by atoms with Crippen LogP contribution in [0.25, 0.3) is 0 Å². The van der Waals surface area contributed by atoms with Gasteiger partial charge in [-0.2, -0.15) is 0 Å². The summed E-state index contributed by atoms with van der Waals surface area (Å²) >= 11 is 0. The van der Waals surface area contributed by atoms with Gasteiger partial charge in [0.05, 0.1) is 11.5 Å². The van der Waals surface area contributed by atoms with Crippen molar-refractivity contribution < 1.29 is 27.9 Å². The molecule has 0 aliphatic heterocycles. The molecule has 146 valence electrons. The van der Waals surface area contributed by atoms with E-state index in [9.17, 15) is 18.0 Å². The Hall–Kier alpha value is -2.13. The molecule has 1 atom stereocenters. The van der Waals surface area contributed by atoms with Crippen LogP contribution in [0.15, 0.2) is 29.2 Å². The molecule has 3 N–H and O–H groups in total. The van der Waals surface area contributed by atoms with Crippen molar-refractivity contribution in [1.29, 1.82) is 0 Å². The van der Waals surface area contributed by atoms with Crippen LogP contribution in [-0.4, -0.2) is 44.6 Å². The molecule has 26 heavy (non-hydrogen) atoms. The van der Waals surface area contributed by atoms with Crippen molar-refractivity contribution in [1.82, 2.24) is 10.0 Å². The first-order valence-corrected chi connectivity index (χ1v) is 9.88. The molecule has 9 heteroatoms. The van der Waals surface area contributed by atoms with E-state index in [2.05, 4.69) is 10.0 Å². The summed E-state index contributed by atoms with van der Waals surface area (Å²) in [5, 5.41) is 11.5. The highest BCUT2D eigenvalue weighted by molar-refractivity contribution is 7.89. The Morgan fingerprint density at radius 1 is 1.19 bits per heavy atom. The number of carboxylic acid groups (broad SMARTS) is 1. The Bertz CT molecular complexity index is 700. The molecule has 0 radical (unpaired) electrons. The van der Waals surface area contributed by atoms with Crippen LogP contribution < -0.4 is 14.8 Å². The maximum atomic E-state index is 12.2. The molecule has 0 unspecified atom stereocenters. The molecule has 0 aliphatic carbocycles. The Balaban J connectivity index is 2.54. The molecule has 8 nitrogen and oxygen atoms in total. The van der Waals surface area contributed by atoms with Crippen LogP contribution in [0, 0.1) is 5.92 Å². The third-order valence-electron chi connectivity index (χ3n) is 3.43. The summed E-state index contributed by atoms with van der Waals surface area (Å²) in [5.41, 5.74) is 0. The zero-order valence-electron chi connectivity index (χ0n) is 15.2. The standard InChI is InChI=1S/C17H26N2O6S/c1-4-25-13-5-7-14(8-6-13)26(23,24)18-10-9-16(20)19-15(17(21)22)11-12(2)3/h5-8,12,15,18H,4,9-11H2,1-3H3,(H,19,20)(H,21,22)/t15-/m0/s1. The number of sulfonamides is 1. The molecule has 0 bridgehead atoms. The molecule has 1 aromatic carbocycles. The molecule has 0 fully saturated rings. The van der Waals surface area contributed by atoms with Crippen molar-refractivity contribution in [2.45, 2.75) is 44.6 Å². The van der Waals surface area contributed by atoms with E-state index < -0.39 is 27.9 Å². The van der Waals surface area contributed by atoms with Crippen LogP contribution in [0.2, 0.25) is 0 Å². The number of aliphatic carboxylic acids is 1. The van der Waals surface area contributed by atoms with Gasteiger partial charge in [0.1, 0.15) is 11.8 Å². The smallest absolute Gasteiger partial charge is 0.326 e. The summed E-state index contributed by atoms with van der Waals surface area (Å²) in [4.78, 5) is 23.0. The lowest BCUT2D eigenvalue weighted by Gasteiger charge is -2.16. The van der Waals surface area contributed by atoms with Crippen molar-refractivity contribution in [3.63, 3.8) is 0 Å². The minimum Gasteiger partial charge on any atom is -0.494 e. The fourth-order valence-corrected chi connectivity index (χ4v) is 3.26. The van der Waals surface area contributed by atoms with E-state index in [0.717, 1.165) is 0 Å². The SMILES string of the molecule is CCOc1ccc(S(=O)(=O)NCCC(=O)N[C@@H](CC(C)C)C(=O)O)cc1. The number of carboxylic acids is 1. The van der Waals surface area contributed by atoms with Gasteiger partial charge >= 0.3 is 5.97 Å². The molecular formula is C17H26N2O6S. The average molecular weight is 386 g/mol. The maximum Gasteiger partial charge on any atom is 0.326 e. The van der Waals surface area contributed by atoms with Crippen molar-refractivity contribution in [2.75, 3.05) is 13.2 Å². The van der Waals surface area contributed by atoms with E-state index in [1.54, 1.807) is 12.1 Å². The van der Waals surface area contributed by atoms with Gasteiger partial charge in [0.15, 0.2) is 0 Å². The zero-order chi connectivity index (χ0) is 19.7. The van der Waals surface area contributed by atoms with Gasteiger partial charge in [-0.05, 0) is 43.5 Å². The van der Waals surface area contributed by atoms with Gasteiger partial charge in [-0.25, -0.2) is 17.9 Å². The summed E-state index contributed by atoms with van der Waals surface area (Å²) in [6.07, 6.45) is 0.150. The summed E-state index contributed by atoms with van der Waals surface area (Å²) in [5.74, 6) is -0.959. The second kappa shape index (κ2) is 10.1. The summed E-state index contributed by atoms with van der Waals surface area (Å²) in [6.45, 7) is 5.89. The van der Waals surface area contributed by atoms with Gasteiger partial charge in [0.2, 0.25) is 15.9 Å². The van der Waals surface area contributed by atoms with Crippen LogP contribution in [0.4, 0.5) is 0 Å². The fraction of sp³-hybridized carbons (Fsp3) is 0.529. The van der Waals surface area contributed by atoms with E-state index >= 15 is 0 Å². The lowest BCUT2D eigenvalue weighted by atomic mass is 10.0. The number of carbonyl (C=O) groups excluding carboxylic acids is 1. The van der Waals surface area contributed by atoms with Crippen LogP contribution in [0.5, 0.6) is 5.75 Å². The van der Waals surface area contributed by atoms with Gasteiger partial charge in [-0.1, -0.05) is 13.8 Å². The summed E-state index contributed by atoms with van der Waals surface area (Å²) in [7, 11) is -3.75. The van der Waals surface area contributed by atoms with Crippen molar-refractivity contribution in [3.05, 3.63) is 24.3 Å². The second-order valence-corrected chi connectivity index (χ2v) is 7.91. The van der Waals surface area contributed by atoms with Crippen LogP contribution in [0.1, 0.15) is 33.6 Å². The molecule has 1 rings (SSSR count). The van der Waals surface area contributed by atoms with Crippen LogP contribution in [0.3, 0.4) is 0 Å². The number of hydrogen-bond acceptors (Lipinski definition) is 5. The minimum atomic E-state index is -3.75. The fourth-order valence-electron chi connectivity index (χ4n) is 2.22. The summed E-state index contributed by atoms with van der Waals surface area (Å²) in [6, 6.07) is 4.94. The number of amides is 1. The van der Waals surface area contributed by atoms with Crippen molar-refractivity contribution >= 4 is 21.9 Å². The normalized spacial score (nSPS) is 12.6. The van der Waals surface area contributed by atoms with E-state index in [-0.39, 0.29) is 23.8 Å². The molecule has 1 aromatic rings. The first kappa shape index (κ1) is 21.9. The zero-order valence-corrected chi connectivity index (χ0v) is 16.0. The van der Waals surface area contributed by atoms with Gasteiger partial charge in [-0.3, -0.25) is 4.79 Å². The van der Waals surface area contributed by atoms with E-state index in [4.69, 9.17) is 9.84 Å². The topological polar surface area (TPSA) is 122 Å². The van der Waals surface area contributed by atoms with Crippen LogP contribution in [-0.2, 0) is 19.6 Å². The van der Waals surface area contributed by atoms with Crippen molar-refractivity contribution in [3.8, 4) is 5.75 Å². The Morgan fingerprint density at radius 2 is 1.81 bits per heavy atom. The highest BCUT2D eigenvalue weighted by Gasteiger charge is 2.21. The molecule has 0 heterocycles. The quantitative estimate of drug-likeness (QED) is 0.528. The average Bonchev–Trinajstić information content (AvgIpc) is 2.54. The first-order chi connectivity index (χ1) is 12.2. The monoisotopic (exact) mass is 386 g/mol.